The molecule has 0 saturated carbocycles. The highest BCUT2D eigenvalue weighted by Gasteiger charge is 2.53. The number of carbonyl (C=O) groups is 3. The first-order valence-electron chi connectivity index (χ1n) is 8.71. The van der Waals surface area contributed by atoms with Crippen LogP contribution < -0.4 is 0 Å². The van der Waals surface area contributed by atoms with Gasteiger partial charge in [0.05, 0.1) is 18.1 Å². The lowest BCUT2D eigenvalue weighted by Gasteiger charge is -2.45. The summed E-state index contributed by atoms with van der Waals surface area (Å²) < 4.78 is 10.8. The molecule has 5 rings (SSSR count). The molecule has 1 N–H and O–H groups in total. The minimum absolute atomic E-state index is 0.00299. The van der Waals surface area contributed by atoms with Gasteiger partial charge < -0.3 is 14.6 Å². The number of rotatable bonds is 2. The predicted molar refractivity (Wildman–Crippen MR) is 91.1 cm³/mol. The number of Topliss-reactive ketones (excluding diaryl/α,β-unsaturated/α-hetero) is 2. The molecular weight excluding hydrogens is 336 g/mol. The zero-order valence-electron chi connectivity index (χ0n) is 15.1. The Bertz CT molecular complexity index is 923. The van der Waals surface area contributed by atoms with Crippen LogP contribution in [0.2, 0.25) is 0 Å². The highest BCUT2D eigenvalue weighted by atomic mass is 16.5. The highest BCUT2D eigenvalue weighted by Crippen LogP contribution is 2.54. The van der Waals surface area contributed by atoms with E-state index in [1.54, 1.807) is 20.8 Å². The largest absolute Gasteiger partial charge is 0.507 e. The molecule has 6 heteroatoms. The lowest BCUT2D eigenvalue weighted by atomic mass is 9.64. The van der Waals surface area contributed by atoms with Gasteiger partial charge in [-0.3, -0.25) is 14.4 Å². The number of carbonyl (C=O) groups excluding carboxylic acids is 3. The Labute approximate surface area is 150 Å². The minimum atomic E-state index is -0.921. The number of benzene rings is 1. The molecular formula is C20H20O6. The second-order valence-electron chi connectivity index (χ2n) is 7.63. The Hall–Kier alpha value is -2.63. The molecule has 2 atom stereocenters. The number of allylic oxidation sites excluding steroid dienone is 2. The Morgan fingerprint density at radius 2 is 1.92 bits per heavy atom. The number of hydrogen-bond acceptors (Lipinski definition) is 6. The number of methoxy groups -OCH3 is 1. The number of esters is 1. The number of phenols is 1. The van der Waals surface area contributed by atoms with Crippen molar-refractivity contribution in [2.24, 2.45) is 5.92 Å². The van der Waals surface area contributed by atoms with Crippen LogP contribution in [0.5, 0.6) is 5.75 Å². The second-order valence-corrected chi connectivity index (χ2v) is 7.63. The van der Waals surface area contributed by atoms with Gasteiger partial charge in [-0.05, 0) is 37.3 Å². The van der Waals surface area contributed by atoms with Crippen LogP contribution in [0.4, 0.5) is 0 Å². The van der Waals surface area contributed by atoms with Crippen LogP contribution in [-0.2, 0) is 19.7 Å². The molecule has 0 aromatic heterocycles. The Morgan fingerprint density at radius 3 is 2.50 bits per heavy atom. The van der Waals surface area contributed by atoms with Gasteiger partial charge in [0.25, 0.3) is 0 Å². The summed E-state index contributed by atoms with van der Waals surface area (Å²) in [4.78, 5) is 38.6. The van der Waals surface area contributed by atoms with E-state index < -0.39 is 23.1 Å². The van der Waals surface area contributed by atoms with Crippen molar-refractivity contribution in [3.8, 4) is 5.75 Å². The fourth-order valence-electron chi connectivity index (χ4n) is 4.43. The zero-order chi connectivity index (χ0) is 19.0. The lowest BCUT2D eigenvalue weighted by molar-refractivity contribution is -0.166. The van der Waals surface area contributed by atoms with Gasteiger partial charge in [-0.1, -0.05) is 13.8 Å². The molecule has 1 aromatic carbocycles. The molecule has 136 valence electrons. The molecule has 1 saturated heterocycles. The normalized spacial score (nSPS) is 26.8. The molecule has 0 spiro atoms. The third-order valence-corrected chi connectivity index (χ3v) is 5.80. The average Bonchev–Trinajstić information content (AvgIpc) is 2.58. The number of phenolic OH excluding ortho intramolecular Hbond substituents is 1. The molecule has 26 heavy (non-hydrogen) atoms. The fourth-order valence-corrected chi connectivity index (χ4v) is 4.43. The summed E-state index contributed by atoms with van der Waals surface area (Å²) in [5.41, 5.74) is 0.562. The number of fused-ring (bicyclic) bond motifs is 3. The molecule has 2 aliphatic heterocycles. The summed E-state index contributed by atoms with van der Waals surface area (Å²) >= 11 is 0. The maximum absolute atomic E-state index is 13.2. The van der Waals surface area contributed by atoms with Crippen molar-refractivity contribution in [1.82, 2.24) is 0 Å². The van der Waals surface area contributed by atoms with E-state index in [9.17, 15) is 19.5 Å². The van der Waals surface area contributed by atoms with E-state index in [1.165, 1.54) is 13.2 Å². The Morgan fingerprint density at radius 1 is 1.23 bits per heavy atom. The van der Waals surface area contributed by atoms with E-state index >= 15 is 0 Å². The van der Waals surface area contributed by atoms with E-state index in [4.69, 9.17) is 9.47 Å². The first kappa shape index (κ1) is 16.8. The van der Waals surface area contributed by atoms with Gasteiger partial charge in [0, 0.05) is 16.7 Å². The van der Waals surface area contributed by atoms with E-state index in [0.717, 1.165) is 0 Å². The van der Waals surface area contributed by atoms with Gasteiger partial charge >= 0.3 is 5.97 Å². The molecule has 4 aliphatic rings. The van der Waals surface area contributed by atoms with Crippen LogP contribution in [0.25, 0.3) is 0 Å². The monoisotopic (exact) mass is 356 g/mol. The van der Waals surface area contributed by atoms with Crippen molar-refractivity contribution in [3.63, 3.8) is 0 Å². The summed E-state index contributed by atoms with van der Waals surface area (Å²) in [7, 11) is 1.36. The maximum atomic E-state index is 13.2. The summed E-state index contributed by atoms with van der Waals surface area (Å²) in [5.74, 6) is -1.72. The maximum Gasteiger partial charge on any atom is 0.316 e. The smallest absolute Gasteiger partial charge is 0.316 e. The fraction of sp³-hybridized carbons (Fsp3) is 0.450. The van der Waals surface area contributed by atoms with Crippen molar-refractivity contribution in [2.75, 3.05) is 7.11 Å². The molecule has 2 aliphatic carbocycles. The van der Waals surface area contributed by atoms with E-state index in [0.29, 0.717) is 24.0 Å². The Balaban J connectivity index is 2.07. The van der Waals surface area contributed by atoms with Crippen molar-refractivity contribution in [3.05, 3.63) is 39.7 Å². The predicted octanol–water partition coefficient (Wildman–Crippen LogP) is 2.98. The van der Waals surface area contributed by atoms with Crippen molar-refractivity contribution < 1.29 is 29.0 Å². The number of hydrogen-bond donors (Lipinski definition) is 1. The van der Waals surface area contributed by atoms with Gasteiger partial charge in [0.1, 0.15) is 11.9 Å². The highest BCUT2D eigenvalue weighted by molar-refractivity contribution is 6.28. The van der Waals surface area contributed by atoms with Crippen LogP contribution in [0.1, 0.15) is 71.6 Å². The van der Waals surface area contributed by atoms with E-state index in [2.05, 4.69) is 0 Å². The number of aromatic hydroxyl groups is 1. The molecule has 2 bridgehead atoms. The molecule has 1 aromatic rings. The third-order valence-electron chi connectivity index (χ3n) is 5.80. The van der Waals surface area contributed by atoms with Crippen LogP contribution in [0.15, 0.2) is 17.4 Å². The Kier molecular flexibility index (Phi) is 3.36. The molecule has 0 unspecified atom stereocenters. The van der Waals surface area contributed by atoms with Gasteiger partial charge in [0.15, 0.2) is 11.5 Å². The standard InChI is InChI=1S/C20H20O6/c1-8(2)12-16(22)14-10(21)7-9-13(15(14)17(23)18(12)25-4)11-5-6-20(9,3)19(24)26-11/h7-8,11,21H,5-6H2,1-4H3/t11-,20+/m1/s1. The van der Waals surface area contributed by atoms with E-state index in [1.807, 2.05) is 0 Å². The first-order chi connectivity index (χ1) is 12.2. The quantitative estimate of drug-likeness (QED) is 0.820. The molecule has 2 heterocycles. The SMILES string of the molecule is COC1=C(C(C)C)C(=O)c2c(O)cc3c(c2C1=O)[C@H]1CC[C@]3(C)C(=O)O1. The minimum Gasteiger partial charge on any atom is -0.507 e. The second kappa shape index (κ2) is 5.19. The molecule has 0 radical (unpaired) electrons. The van der Waals surface area contributed by atoms with E-state index in [-0.39, 0.29) is 40.1 Å². The zero-order valence-corrected chi connectivity index (χ0v) is 15.1. The summed E-state index contributed by atoms with van der Waals surface area (Å²) in [6, 6.07) is 1.46. The average molecular weight is 356 g/mol. The van der Waals surface area contributed by atoms with Crippen LogP contribution in [0.3, 0.4) is 0 Å². The van der Waals surface area contributed by atoms with Gasteiger partial charge in [-0.15, -0.1) is 0 Å². The van der Waals surface area contributed by atoms with Gasteiger partial charge in [0.2, 0.25) is 5.78 Å². The molecule has 6 nitrogen and oxygen atoms in total. The van der Waals surface area contributed by atoms with Crippen LogP contribution >= 0.6 is 0 Å². The molecule has 1 fully saturated rings. The third kappa shape index (κ3) is 1.84. The summed E-state index contributed by atoms with van der Waals surface area (Å²) in [6.07, 6.45) is 0.578. The van der Waals surface area contributed by atoms with Crippen LogP contribution in [0, 0.1) is 5.92 Å². The molecule has 0 amide bonds. The summed E-state index contributed by atoms with van der Waals surface area (Å²) in [6.45, 7) is 5.34. The lowest BCUT2D eigenvalue weighted by Crippen LogP contribution is -2.47. The first-order valence-corrected chi connectivity index (χ1v) is 8.71. The van der Waals surface area contributed by atoms with Gasteiger partial charge in [-0.2, -0.15) is 0 Å². The van der Waals surface area contributed by atoms with Crippen molar-refractivity contribution in [2.45, 2.75) is 45.1 Å². The van der Waals surface area contributed by atoms with Crippen molar-refractivity contribution in [1.29, 1.82) is 0 Å². The van der Waals surface area contributed by atoms with Crippen molar-refractivity contribution >= 4 is 17.5 Å². The number of ketones is 2. The summed E-state index contributed by atoms with van der Waals surface area (Å²) in [5, 5.41) is 10.6. The number of ether oxygens (including phenoxy) is 2. The van der Waals surface area contributed by atoms with Gasteiger partial charge in [-0.25, -0.2) is 0 Å². The topological polar surface area (TPSA) is 89.9 Å². The van der Waals surface area contributed by atoms with Crippen LogP contribution in [-0.4, -0.2) is 29.8 Å².